The van der Waals surface area contributed by atoms with Gasteiger partial charge in [-0.2, -0.15) is 0 Å². The SMILES string of the molecule is CC(C)(C)OC(=O)N1CC(S(=O)(=O)N2CCC(c3cnc4occc4c3)CC2)C1. The first-order chi connectivity index (χ1) is 13.6. The van der Waals surface area contributed by atoms with Crippen LogP contribution in [0.3, 0.4) is 0 Å². The van der Waals surface area contributed by atoms with E-state index in [1.165, 1.54) is 4.90 Å². The van der Waals surface area contributed by atoms with Crippen molar-refractivity contribution in [1.82, 2.24) is 14.2 Å². The van der Waals surface area contributed by atoms with Crippen LogP contribution in [0.15, 0.2) is 29.0 Å². The molecule has 1 amide bonds. The molecule has 0 spiro atoms. The number of aromatic nitrogens is 1. The predicted octanol–water partition coefficient (Wildman–Crippen LogP) is 2.96. The van der Waals surface area contributed by atoms with Gasteiger partial charge in [-0.25, -0.2) is 22.5 Å². The lowest BCUT2D eigenvalue weighted by atomic mass is 9.91. The molecule has 0 unspecified atom stereocenters. The monoisotopic (exact) mass is 421 g/mol. The first-order valence-corrected chi connectivity index (χ1v) is 11.4. The molecule has 0 saturated carbocycles. The van der Waals surface area contributed by atoms with E-state index in [-0.39, 0.29) is 19.0 Å². The molecular weight excluding hydrogens is 394 g/mol. The van der Waals surface area contributed by atoms with Crippen molar-refractivity contribution in [3.8, 4) is 0 Å². The van der Waals surface area contributed by atoms with E-state index >= 15 is 0 Å². The average molecular weight is 422 g/mol. The summed E-state index contributed by atoms with van der Waals surface area (Å²) in [4.78, 5) is 17.8. The number of carbonyl (C=O) groups excluding carboxylic acids is 1. The van der Waals surface area contributed by atoms with Crippen LogP contribution in [0.25, 0.3) is 11.1 Å². The molecule has 4 heterocycles. The number of carbonyl (C=O) groups is 1. The summed E-state index contributed by atoms with van der Waals surface area (Å²) in [6.07, 6.45) is 4.51. The Kier molecular flexibility index (Phi) is 5.06. The van der Waals surface area contributed by atoms with Crippen molar-refractivity contribution in [2.75, 3.05) is 26.2 Å². The first-order valence-electron chi connectivity index (χ1n) is 9.93. The van der Waals surface area contributed by atoms with Crippen molar-refractivity contribution >= 4 is 27.2 Å². The van der Waals surface area contributed by atoms with Crippen LogP contribution in [0.2, 0.25) is 0 Å². The Labute approximate surface area is 170 Å². The summed E-state index contributed by atoms with van der Waals surface area (Å²) in [5.74, 6) is 0.285. The predicted molar refractivity (Wildman–Crippen MR) is 108 cm³/mol. The minimum atomic E-state index is -3.41. The summed E-state index contributed by atoms with van der Waals surface area (Å²) in [5, 5.41) is 0.421. The summed E-state index contributed by atoms with van der Waals surface area (Å²) in [6.45, 7) is 6.74. The van der Waals surface area contributed by atoms with E-state index in [1.54, 1.807) is 31.3 Å². The van der Waals surface area contributed by atoms with Gasteiger partial charge < -0.3 is 14.1 Å². The Morgan fingerprint density at radius 2 is 1.93 bits per heavy atom. The number of amides is 1. The van der Waals surface area contributed by atoms with Crippen molar-refractivity contribution in [1.29, 1.82) is 0 Å². The molecule has 2 saturated heterocycles. The van der Waals surface area contributed by atoms with E-state index in [2.05, 4.69) is 11.1 Å². The molecule has 0 aromatic carbocycles. The molecule has 2 aromatic rings. The number of likely N-dealkylation sites (tertiary alicyclic amines) is 1. The second-order valence-electron chi connectivity index (χ2n) is 8.81. The Balaban J connectivity index is 1.33. The number of hydrogen-bond donors (Lipinski definition) is 0. The Morgan fingerprint density at radius 3 is 2.59 bits per heavy atom. The molecule has 4 rings (SSSR count). The van der Waals surface area contributed by atoms with E-state index in [4.69, 9.17) is 9.15 Å². The standard InChI is InChI=1S/C20H27N3O5S/c1-20(2,3)28-19(24)22-12-17(13-22)29(25,26)23-7-4-14(5-8-23)16-10-15-6-9-27-18(15)21-11-16/h6,9-11,14,17H,4-5,7-8,12-13H2,1-3H3. The molecule has 2 aliphatic heterocycles. The van der Waals surface area contributed by atoms with Crippen LogP contribution in [-0.2, 0) is 14.8 Å². The highest BCUT2D eigenvalue weighted by Gasteiger charge is 2.44. The lowest BCUT2D eigenvalue weighted by Crippen LogP contribution is -2.61. The van der Waals surface area contributed by atoms with Gasteiger partial charge in [-0.05, 0) is 57.2 Å². The highest BCUT2D eigenvalue weighted by molar-refractivity contribution is 7.89. The van der Waals surface area contributed by atoms with E-state index in [1.807, 2.05) is 12.3 Å². The van der Waals surface area contributed by atoms with Gasteiger partial charge in [0.15, 0.2) is 0 Å². The zero-order valence-electron chi connectivity index (χ0n) is 17.0. The molecule has 158 valence electrons. The average Bonchev–Trinajstić information content (AvgIpc) is 3.06. The van der Waals surface area contributed by atoms with Gasteiger partial charge in [0.2, 0.25) is 15.7 Å². The van der Waals surface area contributed by atoms with E-state index < -0.39 is 27.0 Å². The highest BCUT2D eigenvalue weighted by Crippen LogP contribution is 2.32. The molecule has 2 aromatic heterocycles. The molecule has 0 bridgehead atoms. The van der Waals surface area contributed by atoms with E-state index in [0.29, 0.717) is 18.8 Å². The van der Waals surface area contributed by atoms with Gasteiger partial charge in [0, 0.05) is 37.8 Å². The fourth-order valence-electron chi connectivity index (χ4n) is 3.86. The maximum Gasteiger partial charge on any atom is 0.410 e. The van der Waals surface area contributed by atoms with Crippen LogP contribution in [0, 0.1) is 0 Å². The third-order valence-corrected chi connectivity index (χ3v) is 7.76. The maximum absolute atomic E-state index is 12.9. The Hall–Kier alpha value is -2.13. The smallest absolute Gasteiger partial charge is 0.410 e. The lowest BCUT2D eigenvalue weighted by molar-refractivity contribution is 0.0135. The number of pyridine rings is 1. The number of piperidine rings is 1. The van der Waals surface area contributed by atoms with Crippen molar-refractivity contribution in [2.45, 2.75) is 50.4 Å². The molecular formula is C20H27N3O5S. The van der Waals surface area contributed by atoms with Crippen molar-refractivity contribution in [2.24, 2.45) is 0 Å². The molecule has 0 atom stereocenters. The molecule has 0 N–H and O–H groups in total. The fourth-order valence-corrected chi connectivity index (χ4v) is 5.73. The van der Waals surface area contributed by atoms with Crippen LogP contribution >= 0.6 is 0 Å². The number of hydrogen-bond acceptors (Lipinski definition) is 6. The molecule has 0 aliphatic carbocycles. The minimum Gasteiger partial charge on any atom is -0.446 e. The van der Waals surface area contributed by atoms with Gasteiger partial charge in [-0.3, -0.25) is 0 Å². The molecule has 2 aliphatic rings. The summed E-state index contributed by atoms with van der Waals surface area (Å²) in [7, 11) is -3.41. The van der Waals surface area contributed by atoms with Crippen LogP contribution in [0.5, 0.6) is 0 Å². The summed E-state index contributed by atoms with van der Waals surface area (Å²) >= 11 is 0. The quantitative estimate of drug-likeness (QED) is 0.756. The van der Waals surface area contributed by atoms with Gasteiger partial charge in [-0.15, -0.1) is 0 Å². The maximum atomic E-state index is 12.9. The topological polar surface area (TPSA) is 93.0 Å². The van der Waals surface area contributed by atoms with Gasteiger partial charge in [0.1, 0.15) is 10.9 Å². The zero-order chi connectivity index (χ0) is 20.8. The molecule has 29 heavy (non-hydrogen) atoms. The minimum absolute atomic E-state index is 0.193. The molecule has 2 fully saturated rings. The summed E-state index contributed by atoms with van der Waals surface area (Å²) in [6, 6.07) is 3.96. The summed E-state index contributed by atoms with van der Waals surface area (Å²) in [5.41, 5.74) is 1.15. The lowest BCUT2D eigenvalue weighted by Gasteiger charge is -2.42. The van der Waals surface area contributed by atoms with E-state index in [0.717, 1.165) is 23.8 Å². The third kappa shape index (κ3) is 4.11. The zero-order valence-corrected chi connectivity index (χ0v) is 17.8. The fraction of sp³-hybridized carbons (Fsp3) is 0.600. The molecule has 9 heteroatoms. The Morgan fingerprint density at radius 1 is 1.24 bits per heavy atom. The number of ether oxygens (including phenoxy) is 1. The number of nitrogens with zero attached hydrogens (tertiary/aromatic N) is 3. The largest absolute Gasteiger partial charge is 0.446 e. The molecule has 8 nitrogen and oxygen atoms in total. The molecule has 0 radical (unpaired) electrons. The van der Waals surface area contributed by atoms with Crippen molar-refractivity contribution in [3.63, 3.8) is 0 Å². The number of sulfonamides is 1. The second kappa shape index (κ2) is 7.28. The van der Waals surface area contributed by atoms with E-state index in [9.17, 15) is 13.2 Å². The van der Waals surface area contributed by atoms with Crippen molar-refractivity contribution < 1.29 is 22.4 Å². The van der Waals surface area contributed by atoms with Crippen molar-refractivity contribution in [3.05, 3.63) is 30.2 Å². The summed E-state index contributed by atoms with van der Waals surface area (Å²) < 4.78 is 38.0. The number of fused-ring (bicyclic) bond motifs is 1. The van der Waals surface area contributed by atoms with Gasteiger partial charge >= 0.3 is 6.09 Å². The van der Waals surface area contributed by atoms with Crippen LogP contribution in [-0.4, -0.2) is 65.7 Å². The third-order valence-electron chi connectivity index (χ3n) is 5.53. The number of furan rings is 1. The van der Waals surface area contributed by atoms with Gasteiger partial charge in [0.05, 0.1) is 6.26 Å². The normalized spacial score (nSPS) is 20.0. The number of rotatable bonds is 3. The van der Waals surface area contributed by atoms with Crippen LogP contribution in [0.1, 0.15) is 45.1 Å². The van der Waals surface area contributed by atoms with Gasteiger partial charge in [0.25, 0.3) is 0 Å². The van der Waals surface area contributed by atoms with Crippen LogP contribution < -0.4 is 0 Å². The Bertz CT molecular complexity index is 997. The first kappa shape index (κ1) is 20.2. The second-order valence-corrected chi connectivity index (χ2v) is 11.0. The van der Waals surface area contributed by atoms with Gasteiger partial charge in [-0.1, -0.05) is 0 Å². The highest BCUT2D eigenvalue weighted by atomic mass is 32.2. The van der Waals surface area contributed by atoms with Crippen LogP contribution in [0.4, 0.5) is 4.79 Å².